The predicted molar refractivity (Wildman–Crippen MR) is 83.6 cm³/mol. The van der Waals surface area contributed by atoms with E-state index in [-0.39, 0.29) is 17.9 Å². The minimum Gasteiger partial charge on any atom is -0.377 e. The Morgan fingerprint density at radius 1 is 1.43 bits per heavy atom. The third-order valence-corrected chi connectivity index (χ3v) is 5.56. The molecule has 6 heteroatoms. The number of anilines is 1. The summed E-state index contributed by atoms with van der Waals surface area (Å²) in [6.45, 7) is 4.61. The van der Waals surface area contributed by atoms with Crippen LogP contribution in [0.25, 0.3) is 0 Å². The minimum atomic E-state index is -0.947. The van der Waals surface area contributed by atoms with Gasteiger partial charge in [-0.3, -0.25) is 4.79 Å². The number of fused-ring (bicyclic) bond motifs is 1. The van der Waals surface area contributed by atoms with Gasteiger partial charge in [0, 0.05) is 23.0 Å². The van der Waals surface area contributed by atoms with Crippen LogP contribution in [0.15, 0.2) is 18.2 Å². The summed E-state index contributed by atoms with van der Waals surface area (Å²) in [5.41, 5.74) is 5.65. The summed E-state index contributed by atoms with van der Waals surface area (Å²) < 4.78 is 5.70. The van der Waals surface area contributed by atoms with Crippen LogP contribution >= 0.6 is 23.2 Å². The smallest absolute Gasteiger partial charge is 0.245 e. The molecule has 3 rings (SSSR count). The SMILES string of the molecule is CC1(C)C2OCCC2C1(N)C(=O)Nc1ccc(Cl)cc1Cl. The number of benzene rings is 1. The molecule has 1 aliphatic heterocycles. The molecule has 1 saturated heterocycles. The number of carbonyl (C=O) groups excluding carboxylic acids is 1. The molecule has 1 aromatic carbocycles. The lowest BCUT2D eigenvalue weighted by Crippen LogP contribution is -2.79. The average Bonchev–Trinajstić information content (AvgIpc) is 2.89. The largest absolute Gasteiger partial charge is 0.377 e. The Morgan fingerprint density at radius 3 is 2.81 bits per heavy atom. The zero-order valence-electron chi connectivity index (χ0n) is 12.0. The van der Waals surface area contributed by atoms with E-state index in [1.807, 2.05) is 13.8 Å². The maximum atomic E-state index is 12.7. The second-order valence-corrected chi connectivity index (χ2v) is 7.20. The first-order valence-electron chi connectivity index (χ1n) is 6.95. The summed E-state index contributed by atoms with van der Waals surface area (Å²) in [6, 6.07) is 4.95. The van der Waals surface area contributed by atoms with Crippen molar-refractivity contribution in [3.63, 3.8) is 0 Å². The third kappa shape index (κ3) is 2.00. The van der Waals surface area contributed by atoms with Gasteiger partial charge in [0.15, 0.2) is 0 Å². The average molecular weight is 329 g/mol. The summed E-state index contributed by atoms with van der Waals surface area (Å²) >= 11 is 12.0. The van der Waals surface area contributed by atoms with Gasteiger partial charge in [-0.05, 0) is 24.6 Å². The number of amides is 1. The van der Waals surface area contributed by atoms with Crippen molar-refractivity contribution < 1.29 is 9.53 Å². The molecule has 2 fully saturated rings. The molecule has 1 saturated carbocycles. The van der Waals surface area contributed by atoms with E-state index in [2.05, 4.69) is 5.32 Å². The summed E-state index contributed by atoms with van der Waals surface area (Å²) in [6.07, 6.45) is 0.862. The molecular formula is C15H18Cl2N2O2. The van der Waals surface area contributed by atoms with Gasteiger partial charge in [-0.25, -0.2) is 0 Å². The summed E-state index contributed by atoms with van der Waals surface area (Å²) in [7, 11) is 0. The van der Waals surface area contributed by atoms with Crippen LogP contribution in [0.3, 0.4) is 0 Å². The van der Waals surface area contributed by atoms with Crippen molar-refractivity contribution in [2.45, 2.75) is 31.9 Å². The third-order valence-electron chi connectivity index (χ3n) is 5.01. The molecule has 1 heterocycles. The van der Waals surface area contributed by atoms with E-state index >= 15 is 0 Å². The topological polar surface area (TPSA) is 64.3 Å². The van der Waals surface area contributed by atoms with E-state index < -0.39 is 11.0 Å². The van der Waals surface area contributed by atoms with E-state index in [0.717, 1.165) is 6.42 Å². The number of ether oxygens (including phenoxy) is 1. The number of nitrogens with one attached hydrogen (secondary N) is 1. The Balaban J connectivity index is 1.85. The van der Waals surface area contributed by atoms with Crippen LogP contribution in [0.1, 0.15) is 20.3 Å². The van der Waals surface area contributed by atoms with Crippen LogP contribution in [0.2, 0.25) is 10.0 Å². The van der Waals surface area contributed by atoms with Crippen molar-refractivity contribution in [3.8, 4) is 0 Å². The number of rotatable bonds is 2. The van der Waals surface area contributed by atoms with Gasteiger partial charge in [0.05, 0.1) is 16.8 Å². The molecule has 21 heavy (non-hydrogen) atoms. The number of hydrogen-bond donors (Lipinski definition) is 2. The molecule has 1 aromatic rings. The first-order valence-corrected chi connectivity index (χ1v) is 7.71. The van der Waals surface area contributed by atoms with Crippen LogP contribution < -0.4 is 11.1 Å². The Kier molecular flexibility index (Phi) is 3.49. The highest BCUT2D eigenvalue weighted by molar-refractivity contribution is 6.36. The molecule has 114 valence electrons. The first kappa shape index (κ1) is 15.1. The van der Waals surface area contributed by atoms with Crippen molar-refractivity contribution in [1.29, 1.82) is 0 Å². The minimum absolute atomic E-state index is 0.0499. The zero-order chi connectivity index (χ0) is 15.4. The normalized spacial score (nSPS) is 33.2. The van der Waals surface area contributed by atoms with Crippen LogP contribution in [0, 0.1) is 11.3 Å². The number of hydrogen-bond acceptors (Lipinski definition) is 3. The second kappa shape index (κ2) is 4.85. The standard InChI is InChI=1S/C15H18Cl2N2O2/c1-14(2)12-9(5-6-21-12)15(14,18)13(20)19-11-4-3-8(16)7-10(11)17/h3-4,7,9,12H,5-6,18H2,1-2H3,(H,19,20). The monoisotopic (exact) mass is 328 g/mol. The molecule has 4 nitrogen and oxygen atoms in total. The highest BCUT2D eigenvalue weighted by Crippen LogP contribution is 2.58. The number of nitrogens with two attached hydrogens (primary N) is 1. The fourth-order valence-corrected chi connectivity index (χ4v) is 4.12. The van der Waals surface area contributed by atoms with E-state index in [4.69, 9.17) is 33.7 Å². The molecule has 1 aliphatic carbocycles. The molecule has 1 amide bonds. The molecule has 0 aromatic heterocycles. The predicted octanol–water partition coefficient (Wildman–Crippen LogP) is 3.07. The lowest BCUT2D eigenvalue weighted by molar-refractivity contribution is -0.170. The van der Waals surface area contributed by atoms with Crippen molar-refractivity contribution >= 4 is 34.8 Å². The Hall–Kier alpha value is -0.810. The van der Waals surface area contributed by atoms with Crippen molar-refractivity contribution in [1.82, 2.24) is 0 Å². The molecule has 0 radical (unpaired) electrons. The molecule has 3 atom stereocenters. The van der Waals surface area contributed by atoms with Crippen LogP contribution in [-0.2, 0) is 9.53 Å². The van der Waals surface area contributed by atoms with Gasteiger partial charge in [0.2, 0.25) is 5.91 Å². The van der Waals surface area contributed by atoms with E-state index in [0.29, 0.717) is 22.3 Å². The van der Waals surface area contributed by atoms with Crippen molar-refractivity contribution in [3.05, 3.63) is 28.2 Å². The van der Waals surface area contributed by atoms with E-state index in [1.165, 1.54) is 0 Å². The maximum absolute atomic E-state index is 12.7. The lowest BCUT2D eigenvalue weighted by atomic mass is 9.48. The van der Waals surface area contributed by atoms with Crippen molar-refractivity contribution in [2.75, 3.05) is 11.9 Å². The van der Waals surface area contributed by atoms with Gasteiger partial charge in [0.1, 0.15) is 5.54 Å². The maximum Gasteiger partial charge on any atom is 0.245 e. The fraction of sp³-hybridized carbons (Fsp3) is 0.533. The van der Waals surface area contributed by atoms with Gasteiger partial charge in [-0.2, -0.15) is 0 Å². The zero-order valence-corrected chi connectivity index (χ0v) is 13.5. The molecule has 0 spiro atoms. The molecule has 2 aliphatic rings. The number of carbonyl (C=O) groups is 1. The van der Waals surface area contributed by atoms with Crippen molar-refractivity contribution in [2.24, 2.45) is 17.1 Å². The van der Waals surface area contributed by atoms with Gasteiger partial charge >= 0.3 is 0 Å². The molecule has 0 bridgehead atoms. The second-order valence-electron chi connectivity index (χ2n) is 6.36. The van der Waals surface area contributed by atoms with Gasteiger partial charge in [-0.1, -0.05) is 37.0 Å². The van der Waals surface area contributed by atoms with Gasteiger partial charge < -0.3 is 15.8 Å². The van der Waals surface area contributed by atoms with E-state index in [9.17, 15) is 4.79 Å². The lowest BCUT2D eigenvalue weighted by Gasteiger charge is -2.60. The highest BCUT2D eigenvalue weighted by Gasteiger charge is 2.71. The molecular weight excluding hydrogens is 311 g/mol. The highest BCUT2D eigenvalue weighted by atomic mass is 35.5. The Morgan fingerprint density at radius 2 is 2.14 bits per heavy atom. The summed E-state index contributed by atoms with van der Waals surface area (Å²) in [5, 5.41) is 3.76. The van der Waals surface area contributed by atoms with Crippen LogP contribution in [0.4, 0.5) is 5.69 Å². The summed E-state index contributed by atoms with van der Waals surface area (Å²) in [5.74, 6) is -0.165. The van der Waals surface area contributed by atoms with Crippen LogP contribution in [-0.4, -0.2) is 24.2 Å². The van der Waals surface area contributed by atoms with Crippen LogP contribution in [0.5, 0.6) is 0 Å². The van der Waals surface area contributed by atoms with E-state index in [1.54, 1.807) is 18.2 Å². The number of halogens is 2. The molecule has 3 N–H and O–H groups in total. The van der Waals surface area contributed by atoms with Gasteiger partial charge in [-0.15, -0.1) is 0 Å². The fourth-order valence-electron chi connectivity index (χ4n) is 3.66. The first-order chi connectivity index (χ1) is 9.78. The Bertz CT molecular complexity index is 605. The Labute approximate surface area is 133 Å². The summed E-state index contributed by atoms with van der Waals surface area (Å²) in [4.78, 5) is 12.7. The quantitative estimate of drug-likeness (QED) is 0.876. The molecule has 3 unspecified atom stereocenters. The van der Waals surface area contributed by atoms with Gasteiger partial charge in [0.25, 0.3) is 0 Å².